The number of benzene rings is 1. The van der Waals surface area contributed by atoms with E-state index >= 15 is 0 Å². The maximum Gasteiger partial charge on any atom is 0.240 e. The van der Waals surface area contributed by atoms with Crippen molar-refractivity contribution in [1.29, 1.82) is 0 Å². The Hall–Kier alpha value is -1.47. The average Bonchev–Trinajstić information content (AvgIpc) is 3.04. The van der Waals surface area contributed by atoms with E-state index in [0.717, 1.165) is 43.3 Å². The molecule has 1 aromatic carbocycles. The van der Waals surface area contributed by atoms with Crippen LogP contribution < -0.4 is 5.32 Å². The zero-order valence-corrected chi connectivity index (χ0v) is 14.3. The summed E-state index contributed by atoms with van der Waals surface area (Å²) in [4.78, 5) is 20.6. The minimum absolute atomic E-state index is 0.000459. The van der Waals surface area contributed by atoms with Gasteiger partial charge >= 0.3 is 0 Å². The molecule has 0 aliphatic carbocycles. The van der Waals surface area contributed by atoms with Gasteiger partial charge in [0.2, 0.25) is 5.91 Å². The van der Waals surface area contributed by atoms with Gasteiger partial charge in [-0.05, 0) is 11.6 Å². The van der Waals surface area contributed by atoms with Gasteiger partial charge in [0.1, 0.15) is 0 Å². The van der Waals surface area contributed by atoms with E-state index in [0.29, 0.717) is 11.7 Å². The Morgan fingerprint density at radius 1 is 1.22 bits per heavy atom. The maximum absolute atomic E-state index is 12.0. The molecule has 7 heteroatoms. The Morgan fingerprint density at radius 3 is 2.65 bits per heavy atom. The molecular formula is C16H19ClN4OS. The third-order valence-corrected chi connectivity index (χ3v) is 4.92. The summed E-state index contributed by atoms with van der Waals surface area (Å²) in [5, 5.41) is 6.15. The Balaban J connectivity index is 1.43. The first-order valence-corrected chi connectivity index (χ1v) is 8.84. The summed E-state index contributed by atoms with van der Waals surface area (Å²) in [6, 6.07) is 7.96. The molecule has 0 unspecified atom stereocenters. The van der Waals surface area contributed by atoms with E-state index in [1.54, 1.807) is 6.20 Å². The standard InChI is InChI=1S/C16H19ClN4OS/c17-14-4-2-1-3-13(14)11-20-6-8-21(9-7-20)12-15(22)19-16-18-5-10-23-16/h1-5,10H,6-9,11-12H2,(H,18,19,22). The predicted molar refractivity (Wildman–Crippen MR) is 93.9 cm³/mol. The Bertz CT molecular complexity index is 641. The lowest BCUT2D eigenvalue weighted by atomic mass is 10.2. The average molecular weight is 351 g/mol. The van der Waals surface area contributed by atoms with Crippen LogP contribution in [0.5, 0.6) is 0 Å². The van der Waals surface area contributed by atoms with Crippen LogP contribution in [-0.4, -0.2) is 53.4 Å². The van der Waals surface area contributed by atoms with Crippen molar-refractivity contribution in [2.75, 3.05) is 38.0 Å². The van der Waals surface area contributed by atoms with Gasteiger partial charge in [-0.25, -0.2) is 4.98 Å². The van der Waals surface area contributed by atoms with Gasteiger partial charge in [-0.2, -0.15) is 0 Å². The lowest BCUT2D eigenvalue weighted by Gasteiger charge is -2.34. The number of anilines is 1. The number of piperazine rings is 1. The summed E-state index contributed by atoms with van der Waals surface area (Å²) in [7, 11) is 0. The quantitative estimate of drug-likeness (QED) is 0.900. The van der Waals surface area contributed by atoms with Crippen LogP contribution in [-0.2, 0) is 11.3 Å². The molecule has 5 nitrogen and oxygen atoms in total. The summed E-state index contributed by atoms with van der Waals surface area (Å²) in [5.41, 5.74) is 1.16. The van der Waals surface area contributed by atoms with Crippen molar-refractivity contribution in [1.82, 2.24) is 14.8 Å². The van der Waals surface area contributed by atoms with Crippen LogP contribution in [0.25, 0.3) is 0 Å². The third-order valence-electron chi connectivity index (χ3n) is 3.86. The molecule has 1 aromatic heterocycles. The number of carbonyl (C=O) groups is 1. The van der Waals surface area contributed by atoms with Crippen molar-refractivity contribution in [3.8, 4) is 0 Å². The number of rotatable bonds is 5. The first-order valence-electron chi connectivity index (χ1n) is 7.58. The van der Waals surface area contributed by atoms with Crippen molar-refractivity contribution >= 4 is 34.0 Å². The Kier molecular flexibility index (Phi) is 5.61. The molecule has 0 atom stereocenters. The SMILES string of the molecule is O=C(CN1CCN(Cc2ccccc2Cl)CC1)Nc1nccs1. The Labute approximate surface area is 144 Å². The molecule has 0 bridgehead atoms. The van der Waals surface area contributed by atoms with E-state index in [2.05, 4.69) is 26.2 Å². The molecule has 1 aliphatic heterocycles. The fourth-order valence-electron chi connectivity index (χ4n) is 2.62. The largest absolute Gasteiger partial charge is 0.301 e. The maximum atomic E-state index is 12.0. The normalized spacial score (nSPS) is 16.4. The third kappa shape index (κ3) is 4.75. The van der Waals surface area contributed by atoms with Crippen LogP contribution in [0.15, 0.2) is 35.8 Å². The van der Waals surface area contributed by atoms with Crippen molar-refractivity contribution < 1.29 is 4.79 Å². The molecule has 2 aromatic rings. The zero-order valence-electron chi connectivity index (χ0n) is 12.7. The van der Waals surface area contributed by atoms with E-state index in [9.17, 15) is 4.79 Å². The van der Waals surface area contributed by atoms with Crippen LogP contribution in [0, 0.1) is 0 Å². The van der Waals surface area contributed by atoms with Gasteiger partial charge in [0, 0.05) is 49.3 Å². The van der Waals surface area contributed by atoms with Crippen LogP contribution in [0.1, 0.15) is 5.56 Å². The molecule has 0 saturated carbocycles. The van der Waals surface area contributed by atoms with E-state index in [-0.39, 0.29) is 5.91 Å². The summed E-state index contributed by atoms with van der Waals surface area (Å²) < 4.78 is 0. The summed E-state index contributed by atoms with van der Waals surface area (Å²) >= 11 is 7.65. The summed E-state index contributed by atoms with van der Waals surface area (Å²) in [5.74, 6) is -0.000459. The lowest BCUT2D eigenvalue weighted by molar-refractivity contribution is -0.117. The van der Waals surface area contributed by atoms with Gasteiger partial charge in [0.05, 0.1) is 6.54 Å². The molecule has 1 N–H and O–H groups in total. The number of carbonyl (C=O) groups excluding carboxylic acids is 1. The van der Waals surface area contributed by atoms with Crippen LogP contribution in [0.4, 0.5) is 5.13 Å². The first-order chi connectivity index (χ1) is 11.2. The van der Waals surface area contributed by atoms with E-state index in [4.69, 9.17) is 11.6 Å². The second-order valence-corrected chi connectivity index (χ2v) is 6.83. The topological polar surface area (TPSA) is 48.5 Å². The molecule has 0 radical (unpaired) electrons. The fourth-order valence-corrected chi connectivity index (χ4v) is 3.36. The number of hydrogen-bond acceptors (Lipinski definition) is 5. The number of amides is 1. The molecule has 1 saturated heterocycles. The van der Waals surface area contributed by atoms with E-state index < -0.39 is 0 Å². The zero-order chi connectivity index (χ0) is 16.1. The Morgan fingerprint density at radius 2 is 1.96 bits per heavy atom. The van der Waals surface area contributed by atoms with E-state index in [1.165, 1.54) is 11.3 Å². The van der Waals surface area contributed by atoms with Crippen molar-refractivity contribution in [3.63, 3.8) is 0 Å². The molecule has 0 spiro atoms. The highest BCUT2D eigenvalue weighted by atomic mass is 35.5. The molecule has 1 amide bonds. The van der Waals surface area contributed by atoms with Crippen LogP contribution in [0.3, 0.4) is 0 Å². The smallest absolute Gasteiger partial charge is 0.240 e. The minimum atomic E-state index is -0.000459. The molecular weight excluding hydrogens is 332 g/mol. The second-order valence-electron chi connectivity index (χ2n) is 5.53. The number of hydrogen-bond donors (Lipinski definition) is 1. The van der Waals surface area contributed by atoms with Crippen LogP contribution >= 0.6 is 22.9 Å². The minimum Gasteiger partial charge on any atom is -0.301 e. The lowest BCUT2D eigenvalue weighted by Crippen LogP contribution is -2.48. The molecule has 1 fully saturated rings. The molecule has 1 aliphatic rings. The van der Waals surface area contributed by atoms with Crippen LogP contribution in [0.2, 0.25) is 5.02 Å². The summed E-state index contributed by atoms with van der Waals surface area (Å²) in [6.45, 7) is 4.93. The molecule has 122 valence electrons. The summed E-state index contributed by atoms with van der Waals surface area (Å²) in [6.07, 6.45) is 1.69. The fraction of sp³-hybridized carbons (Fsp3) is 0.375. The highest BCUT2D eigenvalue weighted by molar-refractivity contribution is 7.13. The monoisotopic (exact) mass is 350 g/mol. The second kappa shape index (κ2) is 7.88. The van der Waals surface area contributed by atoms with E-state index in [1.807, 2.05) is 23.6 Å². The van der Waals surface area contributed by atoms with Gasteiger partial charge in [-0.1, -0.05) is 29.8 Å². The van der Waals surface area contributed by atoms with Crippen molar-refractivity contribution in [2.45, 2.75) is 6.54 Å². The highest BCUT2D eigenvalue weighted by Gasteiger charge is 2.19. The molecule has 23 heavy (non-hydrogen) atoms. The van der Waals surface area contributed by atoms with Gasteiger partial charge in [-0.3, -0.25) is 14.6 Å². The predicted octanol–water partition coefficient (Wildman–Crippen LogP) is 2.55. The number of thiazole rings is 1. The van der Waals surface area contributed by atoms with Gasteiger partial charge < -0.3 is 5.32 Å². The molecule has 2 heterocycles. The number of aromatic nitrogens is 1. The highest BCUT2D eigenvalue weighted by Crippen LogP contribution is 2.18. The van der Waals surface area contributed by atoms with Gasteiger partial charge in [0.25, 0.3) is 0 Å². The van der Waals surface area contributed by atoms with Crippen molar-refractivity contribution in [3.05, 3.63) is 46.4 Å². The van der Waals surface area contributed by atoms with Gasteiger partial charge in [-0.15, -0.1) is 11.3 Å². The number of halogens is 1. The number of nitrogens with one attached hydrogen (secondary N) is 1. The van der Waals surface area contributed by atoms with Crippen molar-refractivity contribution in [2.24, 2.45) is 0 Å². The number of nitrogens with zero attached hydrogens (tertiary/aromatic N) is 3. The first kappa shape index (κ1) is 16.4. The molecule has 3 rings (SSSR count). The van der Waals surface area contributed by atoms with Gasteiger partial charge in [0.15, 0.2) is 5.13 Å².